The van der Waals surface area contributed by atoms with Gasteiger partial charge < -0.3 is 9.73 Å². The van der Waals surface area contributed by atoms with E-state index in [4.69, 9.17) is 27.6 Å². The van der Waals surface area contributed by atoms with Crippen molar-refractivity contribution in [2.75, 3.05) is 5.32 Å². The molecule has 1 heterocycles. The van der Waals surface area contributed by atoms with E-state index in [-0.39, 0.29) is 11.3 Å². The fourth-order valence-electron chi connectivity index (χ4n) is 2.16. The second-order valence-electron chi connectivity index (χ2n) is 5.05. The van der Waals surface area contributed by atoms with Crippen molar-refractivity contribution >= 4 is 67.8 Å². The van der Waals surface area contributed by atoms with Gasteiger partial charge in [0.25, 0.3) is 5.91 Å². The predicted molar refractivity (Wildman–Crippen MR) is 103 cm³/mol. The number of furan rings is 1. The number of hydrogen-bond acceptors (Lipinski definition) is 3. The Morgan fingerprint density at radius 1 is 1.20 bits per heavy atom. The lowest BCUT2D eigenvalue weighted by Gasteiger charge is -2.03. The Morgan fingerprint density at radius 2 is 1.92 bits per heavy atom. The number of nitrogens with one attached hydrogen (secondary N) is 1. The molecule has 1 N–H and O–H groups in total. The van der Waals surface area contributed by atoms with Crippen LogP contribution in [0.5, 0.6) is 0 Å². The normalized spacial score (nSPS) is 11.4. The zero-order chi connectivity index (χ0) is 18.0. The van der Waals surface area contributed by atoms with Crippen molar-refractivity contribution in [3.63, 3.8) is 0 Å². The summed E-state index contributed by atoms with van der Waals surface area (Å²) >= 11 is 15.5. The smallest absolute Gasteiger partial charge is 0.266 e. The van der Waals surface area contributed by atoms with Crippen LogP contribution < -0.4 is 5.32 Å². The number of hydrogen-bond donors (Lipinski definition) is 1. The van der Waals surface area contributed by atoms with Crippen molar-refractivity contribution in [1.82, 2.24) is 0 Å². The molecule has 0 saturated carbocycles. The summed E-state index contributed by atoms with van der Waals surface area (Å²) < 4.78 is 6.47. The van der Waals surface area contributed by atoms with E-state index >= 15 is 0 Å². The van der Waals surface area contributed by atoms with Crippen molar-refractivity contribution < 1.29 is 9.21 Å². The number of halogens is 3. The minimum atomic E-state index is -0.567. The van der Waals surface area contributed by atoms with E-state index in [0.717, 1.165) is 4.47 Å². The molecule has 7 heteroatoms. The zero-order valence-electron chi connectivity index (χ0n) is 12.5. The van der Waals surface area contributed by atoms with Crippen LogP contribution in [-0.4, -0.2) is 5.91 Å². The van der Waals surface area contributed by atoms with E-state index in [1.165, 1.54) is 6.08 Å². The minimum Gasteiger partial charge on any atom is -0.455 e. The molecule has 0 fully saturated rings. The highest BCUT2D eigenvalue weighted by Crippen LogP contribution is 2.33. The second-order valence-corrected chi connectivity index (χ2v) is 6.78. The van der Waals surface area contributed by atoms with Crippen LogP contribution in [0.1, 0.15) is 5.76 Å². The average Bonchev–Trinajstić information content (AvgIpc) is 2.90. The van der Waals surface area contributed by atoms with Crippen LogP contribution >= 0.6 is 39.1 Å². The number of carbonyl (C=O) groups excluding carboxylic acids is 1. The molecule has 124 valence electrons. The van der Waals surface area contributed by atoms with Crippen molar-refractivity contribution in [2.24, 2.45) is 0 Å². The third kappa shape index (κ3) is 3.88. The van der Waals surface area contributed by atoms with E-state index in [1.54, 1.807) is 36.4 Å². The van der Waals surface area contributed by atoms with E-state index in [0.29, 0.717) is 26.7 Å². The van der Waals surface area contributed by atoms with Crippen LogP contribution in [0.2, 0.25) is 10.0 Å². The number of rotatable bonds is 3. The fraction of sp³-hybridized carbons (Fsp3) is 0. The van der Waals surface area contributed by atoms with Crippen LogP contribution in [0.15, 0.2) is 56.9 Å². The molecule has 3 rings (SSSR count). The Kier molecular flexibility index (Phi) is 5.14. The quantitative estimate of drug-likeness (QED) is 0.402. The molecule has 3 aromatic rings. The number of fused-ring (bicyclic) bond motifs is 1. The number of amides is 1. The molecule has 0 aliphatic carbocycles. The first-order chi connectivity index (χ1) is 12.0. The van der Waals surface area contributed by atoms with Gasteiger partial charge in [-0.25, -0.2) is 0 Å². The van der Waals surface area contributed by atoms with Gasteiger partial charge in [0.05, 0.1) is 5.02 Å². The van der Waals surface area contributed by atoms with Crippen LogP contribution in [0, 0.1) is 11.3 Å². The van der Waals surface area contributed by atoms with E-state index in [9.17, 15) is 10.1 Å². The molecule has 0 radical (unpaired) electrons. The van der Waals surface area contributed by atoms with Gasteiger partial charge in [-0.15, -0.1) is 0 Å². The van der Waals surface area contributed by atoms with Gasteiger partial charge in [-0.2, -0.15) is 5.26 Å². The van der Waals surface area contributed by atoms with Gasteiger partial charge in [-0.05, 0) is 42.5 Å². The molecule has 1 amide bonds. The van der Waals surface area contributed by atoms with Crippen LogP contribution in [0.4, 0.5) is 5.69 Å². The summed E-state index contributed by atoms with van der Waals surface area (Å²) in [6.45, 7) is 0. The first-order valence-electron chi connectivity index (χ1n) is 7.04. The first kappa shape index (κ1) is 17.6. The van der Waals surface area contributed by atoms with Crippen molar-refractivity contribution in [2.45, 2.75) is 0 Å². The maximum atomic E-state index is 12.3. The first-order valence-corrected chi connectivity index (χ1v) is 8.59. The Balaban J connectivity index is 1.92. The number of nitriles is 1. The number of anilines is 1. The van der Waals surface area contributed by atoms with Gasteiger partial charge in [0, 0.05) is 26.6 Å². The van der Waals surface area contributed by atoms with E-state index < -0.39 is 5.91 Å². The molecule has 0 atom stereocenters. The van der Waals surface area contributed by atoms with Gasteiger partial charge in [-0.1, -0.05) is 39.1 Å². The highest BCUT2D eigenvalue weighted by atomic mass is 79.9. The molecule has 0 bridgehead atoms. The minimum absolute atomic E-state index is 0.130. The largest absolute Gasteiger partial charge is 0.455 e. The Bertz CT molecular complexity index is 1030. The maximum absolute atomic E-state index is 12.3. The Hall–Kier alpha value is -2.26. The summed E-state index contributed by atoms with van der Waals surface area (Å²) in [4.78, 5) is 12.3. The molecule has 0 spiro atoms. The van der Waals surface area contributed by atoms with E-state index in [2.05, 4.69) is 21.2 Å². The van der Waals surface area contributed by atoms with Gasteiger partial charge in [0.15, 0.2) is 0 Å². The molecular weight excluding hydrogens is 427 g/mol. The molecular formula is C18H9BrCl2N2O2. The third-order valence-corrected chi connectivity index (χ3v) is 4.49. The van der Waals surface area contributed by atoms with Gasteiger partial charge >= 0.3 is 0 Å². The third-order valence-electron chi connectivity index (χ3n) is 3.36. The highest BCUT2D eigenvalue weighted by Gasteiger charge is 2.15. The molecule has 0 aliphatic heterocycles. The molecule has 0 saturated heterocycles. The predicted octanol–water partition coefficient (Wildman–Crippen LogP) is 6.05. The Labute approximate surface area is 161 Å². The lowest BCUT2D eigenvalue weighted by molar-refractivity contribution is -0.112. The summed E-state index contributed by atoms with van der Waals surface area (Å²) in [7, 11) is 0. The summed E-state index contributed by atoms with van der Waals surface area (Å²) in [5.74, 6) is -0.319. The number of benzene rings is 2. The Morgan fingerprint density at radius 3 is 2.60 bits per heavy atom. The van der Waals surface area contributed by atoms with Crippen LogP contribution in [0.3, 0.4) is 0 Å². The molecule has 0 aliphatic rings. The highest BCUT2D eigenvalue weighted by molar-refractivity contribution is 9.10. The zero-order valence-corrected chi connectivity index (χ0v) is 15.6. The molecule has 2 aromatic carbocycles. The monoisotopic (exact) mass is 434 g/mol. The number of nitrogens with zero attached hydrogens (tertiary/aromatic N) is 1. The lowest BCUT2D eigenvalue weighted by atomic mass is 10.2. The van der Waals surface area contributed by atoms with Crippen LogP contribution in [-0.2, 0) is 4.79 Å². The fourth-order valence-corrected chi connectivity index (χ4v) is 2.89. The number of carbonyl (C=O) groups is 1. The molecule has 0 unspecified atom stereocenters. The van der Waals surface area contributed by atoms with Gasteiger partial charge in [0.1, 0.15) is 23.0 Å². The van der Waals surface area contributed by atoms with Gasteiger partial charge in [-0.3, -0.25) is 4.79 Å². The van der Waals surface area contributed by atoms with Crippen LogP contribution in [0.25, 0.3) is 17.0 Å². The topological polar surface area (TPSA) is 66.0 Å². The summed E-state index contributed by atoms with van der Waals surface area (Å²) in [6, 6.07) is 13.8. The molecule has 4 nitrogen and oxygen atoms in total. The standard InChI is InChI=1S/C18H9BrCl2N2O2/c19-11-1-6-15-14(8-11)17(21)16(25-15)7-10(9-22)18(24)23-13-4-2-12(20)3-5-13/h1-8H,(H,23,24). The SMILES string of the molecule is N#CC(=Cc1oc2ccc(Br)cc2c1Cl)C(=O)Nc1ccc(Cl)cc1. The summed E-state index contributed by atoms with van der Waals surface area (Å²) in [5.41, 5.74) is 0.958. The van der Waals surface area contributed by atoms with E-state index in [1.807, 2.05) is 12.1 Å². The second kappa shape index (κ2) is 7.32. The molecule has 25 heavy (non-hydrogen) atoms. The van der Waals surface area contributed by atoms with Crippen molar-refractivity contribution in [3.05, 3.63) is 68.3 Å². The van der Waals surface area contributed by atoms with Crippen molar-refractivity contribution in [1.29, 1.82) is 5.26 Å². The molecule has 1 aromatic heterocycles. The average molecular weight is 436 g/mol. The summed E-state index contributed by atoms with van der Waals surface area (Å²) in [5, 5.41) is 13.5. The lowest BCUT2D eigenvalue weighted by Crippen LogP contribution is -2.13. The maximum Gasteiger partial charge on any atom is 0.266 e. The van der Waals surface area contributed by atoms with Gasteiger partial charge in [0.2, 0.25) is 0 Å². The van der Waals surface area contributed by atoms with Crippen molar-refractivity contribution in [3.8, 4) is 6.07 Å². The summed E-state index contributed by atoms with van der Waals surface area (Å²) in [6.07, 6.45) is 1.32.